The van der Waals surface area contributed by atoms with Crippen LogP contribution in [0.3, 0.4) is 0 Å². The summed E-state index contributed by atoms with van der Waals surface area (Å²) >= 11 is 0. The van der Waals surface area contributed by atoms with Crippen molar-refractivity contribution < 1.29 is 14.3 Å². The molecule has 0 spiro atoms. The molecule has 0 aromatic heterocycles. The lowest BCUT2D eigenvalue weighted by molar-refractivity contribution is -0.121. The molecule has 1 amide bonds. The van der Waals surface area contributed by atoms with E-state index >= 15 is 0 Å². The van der Waals surface area contributed by atoms with Crippen molar-refractivity contribution in [1.29, 1.82) is 0 Å². The maximum absolute atomic E-state index is 13.2. The Balaban J connectivity index is 1.33. The van der Waals surface area contributed by atoms with Crippen molar-refractivity contribution in [2.24, 2.45) is 0 Å². The molecule has 154 valence electrons. The SMILES string of the molecule is O=C(Nc1ccc(OCCN2CCOCC2)cc1)C1(c2ccccc2)CCCC1. The number of hydrogen-bond acceptors (Lipinski definition) is 4. The molecule has 1 saturated carbocycles. The number of rotatable bonds is 7. The van der Waals surface area contributed by atoms with Crippen molar-refractivity contribution in [2.45, 2.75) is 31.1 Å². The van der Waals surface area contributed by atoms with E-state index in [-0.39, 0.29) is 5.91 Å². The molecule has 0 bridgehead atoms. The number of benzene rings is 2. The number of nitrogens with one attached hydrogen (secondary N) is 1. The highest BCUT2D eigenvalue weighted by Crippen LogP contribution is 2.42. The molecule has 29 heavy (non-hydrogen) atoms. The van der Waals surface area contributed by atoms with Crippen LogP contribution in [0.5, 0.6) is 5.75 Å². The second-order valence-corrected chi connectivity index (χ2v) is 7.94. The Morgan fingerprint density at radius 3 is 2.38 bits per heavy atom. The van der Waals surface area contributed by atoms with E-state index in [2.05, 4.69) is 22.3 Å². The van der Waals surface area contributed by atoms with Crippen molar-refractivity contribution in [2.75, 3.05) is 44.8 Å². The van der Waals surface area contributed by atoms with E-state index in [1.165, 1.54) is 0 Å². The van der Waals surface area contributed by atoms with Crippen LogP contribution >= 0.6 is 0 Å². The second-order valence-electron chi connectivity index (χ2n) is 7.94. The quantitative estimate of drug-likeness (QED) is 0.775. The fourth-order valence-corrected chi connectivity index (χ4v) is 4.39. The molecule has 5 nitrogen and oxygen atoms in total. The van der Waals surface area contributed by atoms with Gasteiger partial charge >= 0.3 is 0 Å². The van der Waals surface area contributed by atoms with Gasteiger partial charge in [-0.1, -0.05) is 43.2 Å². The number of hydrogen-bond donors (Lipinski definition) is 1. The van der Waals surface area contributed by atoms with E-state index < -0.39 is 5.41 Å². The molecule has 1 aliphatic heterocycles. The molecule has 0 atom stereocenters. The molecular weight excluding hydrogens is 364 g/mol. The zero-order chi connectivity index (χ0) is 19.9. The molecule has 1 N–H and O–H groups in total. The largest absolute Gasteiger partial charge is 0.492 e. The lowest BCUT2D eigenvalue weighted by Crippen LogP contribution is -2.38. The first-order valence-corrected chi connectivity index (χ1v) is 10.7. The molecule has 1 saturated heterocycles. The van der Waals surface area contributed by atoms with Gasteiger partial charge in [-0.25, -0.2) is 0 Å². The third-order valence-electron chi connectivity index (χ3n) is 6.11. The average molecular weight is 395 g/mol. The number of anilines is 1. The van der Waals surface area contributed by atoms with E-state index in [1.807, 2.05) is 42.5 Å². The van der Waals surface area contributed by atoms with Gasteiger partial charge in [0, 0.05) is 25.3 Å². The molecule has 1 heterocycles. The zero-order valence-corrected chi connectivity index (χ0v) is 16.9. The average Bonchev–Trinajstić information content (AvgIpc) is 3.28. The van der Waals surface area contributed by atoms with Crippen LogP contribution in [0.25, 0.3) is 0 Å². The van der Waals surface area contributed by atoms with Gasteiger partial charge in [0.2, 0.25) is 5.91 Å². The standard InChI is InChI=1S/C24H30N2O3/c27-23(24(12-4-5-13-24)20-6-2-1-3-7-20)25-21-8-10-22(11-9-21)29-19-16-26-14-17-28-18-15-26/h1-3,6-11H,4-5,12-19H2,(H,25,27). The Labute approximate surface area is 173 Å². The van der Waals surface area contributed by atoms with Gasteiger partial charge in [-0.15, -0.1) is 0 Å². The zero-order valence-electron chi connectivity index (χ0n) is 16.9. The first-order valence-electron chi connectivity index (χ1n) is 10.7. The van der Waals surface area contributed by atoms with Crippen LogP contribution in [0.1, 0.15) is 31.2 Å². The maximum atomic E-state index is 13.2. The minimum absolute atomic E-state index is 0.0992. The Morgan fingerprint density at radius 1 is 1.00 bits per heavy atom. The molecule has 1 aliphatic carbocycles. The summed E-state index contributed by atoms with van der Waals surface area (Å²) in [7, 11) is 0. The van der Waals surface area contributed by atoms with Crippen LogP contribution in [0.2, 0.25) is 0 Å². The summed E-state index contributed by atoms with van der Waals surface area (Å²) < 4.78 is 11.2. The minimum Gasteiger partial charge on any atom is -0.492 e. The summed E-state index contributed by atoms with van der Waals surface area (Å²) in [4.78, 5) is 15.6. The third kappa shape index (κ3) is 4.80. The molecule has 4 rings (SSSR count). The minimum atomic E-state index is -0.408. The van der Waals surface area contributed by atoms with Crippen LogP contribution in [0, 0.1) is 0 Å². The predicted molar refractivity (Wildman–Crippen MR) is 114 cm³/mol. The van der Waals surface area contributed by atoms with Crippen molar-refractivity contribution in [3.63, 3.8) is 0 Å². The number of morpholine rings is 1. The Bertz CT molecular complexity index is 780. The molecular formula is C24H30N2O3. The number of amides is 1. The number of ether oxygens (including phenoxy) is 2. The van der Waals surface area contributed by atoms with Crippen LogP contribution in [-0.2, 0) is 14.9 Å². The maximum Gasteiger partial charge on any atom is 0.235 e. The van der Waals surface area contributed by atoms with E-state index in [0.29, 0.717) is 6.61 Å². The number of carbonyl (C=O) groups is 1. The molecule has 2 aromatic rings. The summed E-state index contributed by atoms with van der Waals surface area (Å²) in [5.41, 5.74) is 1.53. The second kappa shape index (κ2) is 9.42. The van der Waals surface area contributed by atoms with Crippen molar-refractivity contribution in [1.82, 2.24) is 4.90 Å². The van der Waals surface area contributed by atoms with Gasteiger partial charge in [-0.3, -0.25) is 9.69 Å². The van der Waals surface area contributed by atoms with Gasteiger partial charge in [-0.2, -0.15) is 0 Å². The number of nitrogens with zero attached hydrogens (tertiary/aromatic N) is 1. The highest BCUT2D eigenvalue weighted by Gasteiger charge is 2.42. The normalized spacial score (nSPS) is 19.0. The fourth-order valence-electron chi connectivity index (χ4n) is 4.39. The molecule has 0 radical (unpaired) electrons. The van der Waals surface area contributed by atoms with Crippen LogP contribution in [-0.4, -0.2) is 50.3 Å². The topological polar surface area (TPSA) is 50.8 Å². The van der Waals surface area contributed by atoms with Gasteiger partial charge in [0.1, 0.15) is 12.4 Å². The van der Waals surface area contributed by atoms with E-state index in [4.69, 9.17) is 9.47 Å². The van der Waals surface area contributed by atoms with Gasteiger partial charge in [0.25, 0.3) is 0 Å². The highest BCUT2D eigenvalue weighted by molar-refractivity contribution is 5.99. The number of carbonyl (C=O) groups excluding carboxylic acids is 1. The van der Waals surface area contributed by atoms with Crippen LogP contribution < -0.4 is 10.1 Å². The molecule has 2 fully saturated rings. The van der Waals surface area contributed by atoms with Gasteiger partial charge in [0.05, 0.1) is 18.6 Å². The Morgan fingerprint density at radius 2 is 1.69 bits per heavy atom. The molecule has 2 aliphatic rings. The summed E-state index contributed by atoms with van der Waals surface area (Å²) in [6.07, 6.45) is 4.01. The summed E-state index contributed by atoms with van der Waals surface area (Å²) in [5, 5.41) is 3.14. The van der Waals surface area contributed by atoms with Gasteiger partial charge in [0.15, 0.2) is 0 Å². The van der Waals surface area contributed by atoms with E-state index in [9.17, 15) is 4.79 Å². The van der Waals surface area contributed by atoms with Crippen molar-refractivity contribution in [3.05, 3.63) is 60.2 Å². The van der Waals surface area contributed by atoms with Gasteiger partial charge < -0.3 is 14.8 Å². The van der Waals surface area contributed by atoms with Crippen molar-refractivity contribution >= 4 is 11.6 Å². The van der Waals surface area contributed by atoms with Gasteiger partial charge in [-0.05, 0) is 42.7 Å². The fraction of sp³-hybridized carbons (Fsp3) is 0.458. The first-order chi connectivity index (χ1) is 14.3. The third-order valence-corrected chi connectivity index (χ3v) is 6.11. The van der Waals surface area contributed by atoms with Crippen LogP contribution in [0.4, 0.5) is 5.69 Å². The van der Waals surface area contributed by atoms with Crippen molar-refractivity contribution in [3.8, 4) is 5.75 Å². The monoisotopic (exact) mass is 394 g/mol. The molecule has 5 heteroatoms. The lowest BCUT2D eigenvalue weighted by Gasteiger charge is -2.28. The molecule has 2 aromatic carbocycles. The summed E-state index contributed by atoms with van der Waals surface area (Å²) in [6, 6.07) is 17.9. The molecule has 0 unspecified atom stereocenters. The highest BCUT2D eigenvalue weighted by atomic mass is 16.5. The predicted octanol–water partition coefficient (Wildman–Crippen LogP) is 3.85. The van der Waals surface area contributed by atoms with Crippen LogP contribution in [0.15, 0.2) is 54.6 Å². The summed E-state index contributed by atoms with van der Waals surface area (Å²) in [6.45, 7) is 5.11. The first kappa shape index (κ1) is 19.9. The Kier molecular flexibility index (Phi) is 6.47. The van der Waals surface area contributed by atoms with E-state index in [0.717, 1.165) is 75.5 Å². The Hall–Kier alpha value is -2.37. The lowest BCUT2D eigenvalue weighted by atomic mass is 9.78. The van der Waals surface area contributed by atoms with E-state index in [1.54, 1.807) is 0 Å². The summed E-state index contributed by atoms with van der Waals surface area (Å²) in [5.74, 6) is 0.928. The smallest absolute Gasteiger partial charge is 0.235 e.